The van der Waals surface area contributed by atoms with E-state index in [-0.39, 0.29) is 4.47 Å². The van der Waals surface area contributed by atoms with Crippen molar-refractivity contribution in [3.8, 4) is 12.3 Å². The summed E-state index contributed by atoms with van der Waals surface area (Å²) in [5.74, 6) is -0.353. The first-order valence-electron chi connectivity index (χ1n) is 5.54. The minimum atomic E-state index is -0.942. The lowest BCUT2D eigenvalue weighted by atomic mass is 10.1. The average Bonchev–Trinajstić information content (AvgIpc) is 2.37. The van der Waals surface area contributed by atoms with E-state index in [1.807, 2.05) is 0 Å². The number of hydrogen-bond acceptors (Lipinski definition) is 1. The molecule has 0 saturated carbocycles. The second kappa shape index (κ2) is 5.85. The third-order valence-electron chi connectivity index (χ3n) is 2.52. The maximum Gasteiger partial charge on any atom is 0.261 e. The Morgan fingerprint density at radius 1 is 1.20 bits per heavy atom. The average molecular weight is 336 g/mol. The fourth-order valence-corrected chi connectivity index (χ4v) is 2.04. The van der Waals surface area contributed by atoms with Gasteiger partial charge in [-0.25, -0.2) is 8.78 Å². The Morgan fingerprint density at radius 2 is 1.85 bits per heavy atom. The van der Waals surface area contributed by atoms with Crippen molar-refractivity contribution in [2.75, 3.05) is 5.32 Å². The van der Waals surface area contributed by atoms with Crippen LogP contribution in [0.5, 0.6) is 0 Å². The van der Waals surface area contributed by atoms with Gasteiger partial charge >= 0.3 is 0 Å². The summed E-state index contributed by atoms with van der Waals surface area (Å²) in [7, 11) is 0. The van der Waals surface area contributed by atoms with E-state index < -0.39 is 23.1 Å². The molecule has 0 atom stereocenters. The Kier molecular flexibility index (Phi) is 4.16. The number of rotatable bonds is 2. The van der Waals surface area contributed by atoms with E-state index >= 15 is 0 Å². The van der Waals surface area contributed by atoms with Crippen molar-refractivity contribution in [2.45, 2.75) is 0 Å². The Balaban J connectivity index is 2.31. The molecule has 5 heteroatoms. The van der Waals surface area contributed by atoms with E-state index in [4.69, 9.17) is 6.42 Å². The fraction of sp³-hybridized carbons (Fsp3) is 0. The standard InChI is InChI=1S/C15H8BrF2NO/c1-2-9-4-3-5-11(6-9)19-15(20)14-12(17)7-10(16)8-13(14)18/h1,3-8H,(H,19,20). The second-order valence-corrected chi connectivity index (χ2v) is 4.84. The number of carbonyl (C=O) groups excluding carboxylic acids is 1. The van der Waals surface area contributed by atoms with Gasteiger partial charge in [0.1, 0.15) is 17.2 Å². The molecule has 100 valence electrons. The lowest BCUT2D eigenvalue weighted by Crippen LogP contribution is -2.16. The van der Waals surface area contributed by atoms with Crippen LogP contribution in [0.3, 0.4) is 0 Å². The fourth-order valence-electron chi connectivity index (χ4n) is 1.64. The number of hydrogen-bond donors (Lipinski definition) is 1. The quantitative estimate of drug-likeness (QED) is 0.827. The predicted molar refractivity (Wildman–Crippen MR) is 76.4 cm³/mol. The molecule has 1 N–H and O–H groups in total. The van der Waals surface area contributed by atoms with Gasteiger partial charge < -0.3 is 5.32 Å². The molecule has 0 heterocycles. The molecule has 0 aliphatic heterocycles. The topological polar surface area (TPSA) is 29.1 Å². The first kappa shape index (κ1) is 14.2. The van der Waals surface area contributed by atoms with Crippen LogP contribution < -0.4 is 5.32 Å². The maximum absolute atomic E-state index is 13.6. The number of amides is 1. The maximum atomic E-state index is 13.6. The minimum Gasteiger partial charge on any atom is -0.322 e. The van der Waals surface area contributed by atoms with Gasteiger partial charge in [0.15, 0.2) is 0 Å². The molecule has 0 unspecified atom stereocenters. The van der Waals surface area contributed by atoms with Gasteiger partial charge in [-0.2, -0.15) is 0 Å². The first-order valence-corrected chi connectivity index (χ1v) is 6.33. The molecular formula is C15H8BrF2NO. The molecule has 2 aromatic rings. The number of anilines is 1. The molecule has 2 nitrogen and oxygen atoms in total. The number of carbonyl (C=O) groups is 1. The van der Waals surface area contributed by atoms with Crippen LogP contribution in [0.2, 0.25) is 0 Å². The van der Waals surface area contributed by atoms with Crippen LogP contribution in [-0.2, 0) is 0 Å². The summed E-state index contributed by atoms with van der Waals surface area (Å²) in [4.78, 5) is 11.9. The lowest BCUT2D eigenvalue weighted by molar-refractivity contribution is 0.101. The monoisotopic (exact) mass is 335 g/mol. The molecule has 0 aromatic heterocycles. The molecule has 20 heavy (non-hydrogen) atoms. The van der Waals surface area contributed by atoms with Gasteiger partial charge in [-0.3, -0.25) is 4.79 Å². The molecule has 2 aromatic carbocycles. The van der Waals surface area contributed by atoms with E-state index in [2.05, 4.69) is 27.2 Å². The van der Waals surface area contributed by atoms with E-state index in [1.165, 1.54) is 6.07 Å². The van der Waals surface area contributed by atoms with Gasteiger partial charge in [0.2, 0.25) is 0 Å². The van der Waals surface area contributed by atoms with Crippen molar-refractivity contribution in [3.63, 3.8) is 0 Å². The molecular weight excluding hydrogens is 328 g/mol. The zero-order valence-corrected chi connectivity index (χ0v) is 11.7. The van der Waals surface area contributed by atoms with E-state index in [0.717, 1.165) is 12.1 Å². The van der Waals surface area contributed by atoms with Crippen molar-refractivity contribution in [1.82, 2.24) is 0 Å². The molecule has 0 aliphatic carbocycles. The number of halogens is 3. The highest BCUT2D eigenvalue weighted by atomic mass is 79.9. The van der Waals surface area contributed by atoms with Gasteiger partial charge in [0, 0.05) is 15.7 Å². The second-order valence-electron chi connectivity index (χ2n) is 3.92. The van der Waals surface area contributed by atoms with Gasteiger partial charge in [0.25, 0.3) is 5.91 Å². The van der Waals surface area contributed by atoms with Crippen LogP contribution in [0.15, 0.2) is 40.9 Å². The molecule has 0 radical (unpaired) electrons. The highest BCUT2D eigenvalue weighted by molar-refractivity contribution is 9.10. The van der Waals surface area contributed by atoms with Crippen molar-refractivity contribution >= 4 is 27.5 Å². The summed E-state index contributed by atoms with van der Waals surface area (Å²) in [5, 5.41) is 2.40. The van der Waals surface area contributed by atoms with Crippen molar-refractivity contribution in [2.24, 2.45) is 0 Å². The van der Waals surface area contributed by atoms with Crippen LogP contribution in [0.1, 0.15) is 15.9 Å². The lowest BCUT2D eigenvalue weighted by Gasteiger charge is -2.08. The van der Waals surface area contributed by atoms with Gasteiger partial charge in [-0.1, -0.05) is 27.9 Å². The van der Waals surface area contributed by atoms with Crippen LogP contribution in [0.4, 0.5) is 14.5 Å². The van der Waals surface area contributed by atoms with E-state index in [9.17, 15) is 13.6 Å². The van der Waals surface area contributed by atoms with Crippen LogP contribution in [0, 0.1) is 24.0 Å². The molecule has 0 fully saturated rings. The third kappa shape index (κ3) is 3.03. The highest BCUT2D eigenvalue weighted by Gasteiger charge is 2.18. The van der Waals surface area contributed by atoms with Crippen LogP contribution in [0.25, 0.3) is 0 Å². The van der Waals surface area contributed by atoms with Crippen molar-refractivity contribution < 1.29 is 13.6 Å². The number of terminal acetylenes is 1. The Morgan fingerprint density at radius 3 is 2.45 bits per heavy atom. The Labute approximate surface area is 122 Å². The van der Waals surface area contributed by atoms with Crippen LogP contribution in [-0.4, -0.2) is 5.91 Å². The van der Waals surface area contributed by atoms with Gasteiger partial charge in [-0.15, -0.1) is 6.42 Å². The molecule has 2 rings (SSSR count). The largest absolute Gasteiger partial charge is 0.322 e. The molecule has 1 amide bonds. The smallest absolute Gasteiger partial charge is 0.261 e. The molecule has 0 bridgehead atoms. The first-order chi connectivity index (χ1) is 9.51. The Bertz CT molecular complexity index is 699. The molecule has 0 spiro atoms. The number of nitrogens with one attached hydrogen (secondary N) is 1. The summed E-state index contributed by atoms with van der Waals surface area (Å²) in [6, 6.07) is 8.47. The molecule has 0 aliphatic rings. The predicted octanol–water partition coefficient (Wildman–Crippen LogP) is 3.96. The molecule has 0 saturated heterocycles. The summed E-state index contributed by atoms with van der Waals surface area (Å²) >= 11 is 2.95. The van der Waals surface area contributed by atoms with Crippen LogP contribution >= 0.6 is 15.9 Å². The normalized spacial score (nSPS) is 9.90. The SMILES string of the molecule is C#Cc1cccc(NC(=O)c2c(F)cc(Br)cc2F)c1. The zero-order valence-electron chi connectivity index (χ0n) is 10.1. The third-order valence-corrected chi connectivity index (χ3v) is 2.98. The Hall–Kier alpha value is -2.19. The summed E-state index contributed by atoms with van der Waals surface area (Å²) < 4.78 is 27.5. The van der Waals surface area contributed by atoms with Gasteiger partial charge in [0.05, 0.1) is 0 Å². The summed E-state index contributed by atoms with van der Waals surface area (Å²) in [6.45, 7) is 0. The van der Waals surface area contributed by atoms with Gasteiger partial charge in [-0.05, 0) is 30.3 Å². The van der Waals surface area contributed by atoms with Crippen molar-refractivity contribution in [3.05, 3.63) is 63.6 Å². The minimum absolute atomic E-state index is 0.221. The van der Waals surface area contributed by atoms with Crippen molar-refractivity contribution in [1.29, 1.82) is 0 Å². The highest BCUT2D eigenvalue weighted by Crippen LogP contribution is 2.21. The summed E-state index contributed by atoms with van der Waals surface area (Å²) in [6.07, 6.45) is 5.24. The van der Waals surface area contributed by atoms with E-state index in [1.54, 1.807) is 18.2 Å². The van der Waals surface area contributed by atoms with E-state index in [0.29, 0.717) is 11.3 Å². The summed E-state index contributed by atoms with van der Waals surface area (Å²) in [5.41, 5.74) is 0.283. The zero-order chi connectivity index (χ0) is 14.7. The number of benzene rings is 2.